The fraction of sp³-hybridized carbons (Fsp3) is 0.409. The monoisotopic (exact) mass is 422 g/mol. The number of carbonyl (C=O) groups is 1. The number of methoxy groups -OCH3 is 1. The molecule has 1 N–H and O–H groups in total. The van der Waals surface area contributed by atoms with Crippen molar-refractivity contribution in [3.05, 3.63) is 59.2 Å². The molecule has 3 rings (SSSR count). The summed E-state index contributed by atoms with van der Waals surface area (Å²) in [6.45, 7) is 0.619. The second kappa shape index (κ2) is 8.65. The van der Waals surface area contributed by atoms with Gasteiger partial charge in [-0.15, -0.1) is 0 Å². The van der Waals surface area contributed by atoms with Crippen molar-refractivity contribution in [2.24, 2.45) is 0 Å². The summed E-state index contributed by atoms with van der Waals surface area (Å²) >= 11 is 0. The average Bonchev–Trinajstić information content (AvgIpc) is 2.80. The van der Waals surface area contributed by atoms with Gasteiger partial charge in [0.25, 0.3) is 5.91 Å². The van der Waals surface area contributed by atoms with Crippen LogP contribution in [0.25, 0.3) is 0 Å². The molecule has 1 aliphatic heterocycles. The highest BCUT2D eigenvalue weighted by Gasteiger charge is 2.41. The van der Waals surface area contributed by atoms with Crippen LogP contribution in [0.4, 0.5) is 18.9 Å². The lowest BCUT2D eigenvalue weighted by Crippen LogP contribution is -2.43. The van der Waals surface area contributed by atoms with Crippen molar-refractivity contribution in [1.29, 1.82) is 0 Å². The fourth-order valence-corrected chi connectivity index (χ4v) is 3.77. The van der Waals surface area contributed by atoms with Crippen LogP contribution in [0.5, 0.6) is 5.75 Å². The molecule has 0 aromatic heterocycles. The van der Waals surface area contributed by atoms with Gasteiger partial charge >= 0.3 is 6.18 Å². The summed E-state index contributed by atoms with van der Waals surface area (Å²) in [5.41, 5.74) is 0.0190. The van der Waals surface area contributed by atoms with Crippen molar-refractivity contribution >= 4 is 11.6 Å². The number of rotatable bonds is 5. The minimum absolute atomic E-state index is 0.0227. The predicted octanol–water partition coefficient (Wildman–Crippen LogP) is 3.31. The Bertz CT molecular complexity index is 897. The third-order valence-electron chi connectivity index (χ3n) is 5.39. The van der Waals surface area contributed by atoms with E-state index in [1.807, 2.05) is 19.0 Å². The summed E-state index contributed by atoms with van der Waals surface area (Å²) < 4.78 is 46.5. The van der Waals surface area contributed by atoms with Crippen LogP contribution in [0.1, 0.15) is 22.6 Å². The van der Waals surface area contributed by atoms with Crippen molar-refractivity contribution in [1.82, 2.24) is 4.90 Å². The Morgan fingerprint density at radius 2 is 1.83 bits per heavy atom. The van der Waals surface area contributed by atoms with Crippen LogP contribution in [-0.2, 0) is 17.4 Å². The SMILES string of the molecule is COc1ccc([C@H]2Cc3c(cccc3C(F)(F)F)N(CCN(C)C)C(=O)[C@H]2O)cc1. The van der Waals surface area contributed by atoms with Gasteiger partial charge < -0.3 is 19.6 Å². The van der Waals surface area contributed by atoms with Crippen LogP contribution < -0.4 is 9.64 Å². The molecule has 2 aromatic rings. The number of aliphatic hydroxyl groups is 1. The molecule has 0 radical (unpaired) electrons. The number of ether oxygens (including phenoxy) is 1. The molecule has 162 valence electrons. The number of benzene rings is 2. The molecule has 8 heteroatoms. The molecule has 5 nitrogen and oxygen atoms in total. The van der Waals surface area contributed by atoms with Crippen LogP contribution in [0.2, 0.25) is 0 Å². The molecule has 1 heterocycles. The highest BCUT2D eigenvalue weighted by atomic mass is 19.4. The number of nitrogens with zero attached hydrogens (tertiary/aromatic N) is 2. The largest absolute Gasteiger partial charge is 0.497 e. The number of likely N-dealkylation sites (N-methyl/N-ethyl adjacent to an activating group) is 1. The topological polar surface area (TPSA) is 53.0 Å². The first-order chi connectivity index (χ1) is 14.1. The van der Waals surface area contributed by atoms with Crippen LogP contribution >= 0.6 is 0 Å². The Morgan fingerprint density at radius 1 is 1.17 bits per heavy atom. The lowest BCUT2D eigenvalue weighted by molar-refractivity contribution is -0.138. The van der Waals surface area contributed by atoms with Crippen molar-refractivity contribution < 1.29 is 27.8 Å². The van der Waals surface area contributed by atoms with E-state index in [0.717, 1.165) is 6.07 Å². The van der Waals surface area contributed by atoms with Crippen molar-refractivity contribution in [3.63, 3.8) is 0 Å². The van der Waals surface area contributed by atoms with Gasteiger partial charge in [-0.05, 0) is 55.9 Å². The van der Waals surface area contributed by atoms with Crippen LogP contribution in [-0.4, -0.2) is 56.3 Å². The predicted molar refractivity (Wildman–Crippen MR) is 108 cm³/mol. The summed E-state index contributed by atoms with van der Waals surface area (Å²) in [5.74, 6) is -0.831. The number of hydrogen-bond acceptors (Lipinski definition) is 4. The lowest BCUT2D eigenvalue weighted by atomic mass is 9.86. The Kier molecular flexibility index (Phi) is 6.38. The third kappa shape index (κ3) is 4.44. The number of anilines is 1. The third-order valence-corrected chi connectivity index (χ3v) is 5.39. The fourth-order valence-electron chi connectivity index (χ4n) is 3.77. The first-order valence-electron chi connectivity index (χ1n) is 9.60. The van der Waals surface area contributed by atoms with E-state index in [-0.39, 0.29) is 24.2 Å². The maximum atomic E-state index is 13.8. The second-order valence-corrected chi connectivity index (χ2v) is 7.62. The van der Waals surface area contributed by atoms with Crippen LogP contribution in [0.3, 0.4) is 0 Å². The maximum Gasteiger partial charge on any atom is 0.416 e. The number of fused-ring (bicyclic) bond motifs is 1. The zero-order chi connectivity index (χ0) is 22.1. The van der Waals surface area contributed by atoms with Crippen molar-refractivity contribution in [2.45, 2.75) is 24.6 Å². The molecule has 1 aliphatic rings. The first-order valence-corrected chi connectivity index (χ1v) is 9.60. The maximum absolute atomic E-state index is 13.8. The summed E-state index contributed by atoms with van der Waals surface area (Å²) in [7, 11) is 5.13. The smallest absolute Gasteiger partial charge is 0.416 e. The van der Waals surface area contributed by atoms with Crippen molar-refractivity contribution in [2.75, 3.05) is 39.2 Å². The molecule has 0 bridgehead atoms. The Balaban J connectivity index is 2.13. The first kappa shape index (κ1) is 22.1. The zero-order valence-electron chi connectivity index (χ0n) is 17.1. The van der Waals surface area contributed by atoms with Crippen LogP contribution in [0, 0.1) is 0 Å². The molecule has 0 saturated heterocycles. The van der Waals surface area contributed by atoms with Gasteiger partial charge in [-0.2, -0.15) is 13.2 Å². The Morgan fingerprint density at radius 3 is 2.40 bits per heavy atom. The molecule has 0 fully saturated rings. The minimum atomic E-state index is -4.57. The van der Waals surface area contributed by atoms with E-state index in [4.69, 9.17) is 4.74 Å². The van der Waals surface area contributed by atoms with Gasteiger partial charge in [0.2, 0.25) is 0 Å². The van der Waals surface area contributed by atoms with E-state index in [9.17, 15) is 23.1 Å². The summed E-state index contributed by atoms with van der Waals surface area (Å²) in [5, 5.41) is 10.9. The second-order valence-electron chi connectivity index (χ2n) is 7.62. The lowest BCUT2D eigenvalue weighted by Gasteiger charge is -2.27. The van der Waals surface area contributed by atoms with Gasteiger partial charge in [-0.1, -0.05) is 18.2 Å². The summed E-state index contributed by atoms with van der Waals surface area (Å²) in [6, 6.07) is 10.5. The van der Waals surface area contributed by atoms with E-state index in [1.54, 1.807) is 24.3 Å². The van der Waals surface area contributed by atoms with E-state index >= 15 is 0 Å². The quantitative estimate of drug-likeness (QED) is 0.804. The minimum Gasteiger partial charge on any atom is -0.497 e. The molecule has 0 saturated carbocycles. The molecular weight excluding hydrogens is 397 g/mol. The van der Waals surface area contributed by atoms with Gasteiger partial charge in [0.05, 0.1) is 12.7 Å². The van der Waals surface area contributed by atoms with E-state index in [2.05, 4.69) is 0 Å². The summed E-state index contributed by atoms with van der Waals surface area (Å²) in [4.78, 5) is 16.2. The molecule has 2 atom stereocenters. The van der Waals surface area contributed by atoms with E-state index in [0.29, 0.717) is 17.9 Å². The normalized spacial score (nSPS) is 19.6. The number of halogens is 3. The Labute approximate surface area is 173 Å². The van der Waals surface area contributed by atoms with Crippen LogP contribution in [0.15, 0.2) is 42.5 Å². The van der Waals surface area contributed by atoms with E-state index in [1.165, 1.54) is 24.1 Å². The molecule has 1 amide bonds. The van der Waals surface area contributed by atoms with E-state index < -0.39 is 29.7 Å². The molecule has 2 aromatic carbocycles. The molecule has 30 heavy (non-hydrogen) atoms. The number of amides is 1. The molecular formula is C22H25F3N2O3. The van der Waals surface area contributed by atoms with Gasteiger partial charge in [0.1, 0.15) is 11.9 Å². The number of aliphatic hydroxyl groups excluding tert-OH is 1. The Hall–Kier alpha value is -2.58. The van der Waals surface area contributed by atoms with Gasteiger partial charge in [-0.3, -0.25) is 4.79 Å². The highest BCUT2D eigenvalue weighted by Crippen LogP contribution is 2.42. The number of hydrogen-bond donors (Lipinski definition) is 1. The average molecular weight is 422 g/mol. The number of carbonyl (C=O) groups excluding carboxylic acids is 1. The highest BCUT2D eigenvalue weighted by molar-refractivity contribution is 5.99. The zero-order valence-corrected chi connectivity index (χ0v) is 17.1. The molecule has 0 aliphatic carbocycles. The van der Waals surface area contributed by atoms with Gasteiger partial charge in [-0.25, -0.2) is 0 Å². The van der Waals surface area contributed by atoms with Crippen molar-refractivity contribution in [3.8, 4) is 5.75 Å². The molecule has 0 spiro atoms. The van der Waals surface area contributed by atoms with Gasteiger partial charge in [0.15, 0.2) is 0 Å². The standard InChI is InChI=1S/C22H25F3N2O3/c1-26(2)11-12-27-19-6-4-5-18(22(23,24)25)17(19)13-16(20(28)21(27)29)14-7-9-15(30-3)10-8-14/h4-10,16,20,28H,11-13H2,1-3H3/t16-,20+/m1/s1. The summed E-state index contributed by atoms with van der Waals surface area (Å²) in [6.07, 6.45) is -6.14. The molecule has 0 unspecified atom stereocenters. The number of alkyl halides is 3. The van der Waals surface area contributed by atoms with Gasteiger partial charge in [0, 0.05) is 24.7 Å².